The lowest BCUT2D eigenvalue weighted by atomic mass is 9.95. The normalized spacial score (nSPS) is 27.4. The van der Waals surface area contributed by atoms with E-state index in [2.05, 4.69) is 31.0 Å². The Morgan fingerprint density at radius 2 is 2.05 bits per heavy atom. The Bertz CT molecular complexity index is 356. The predicted molar refractivity (Wildman–Crippen MR) is 81.2 cm³/mol. The molecule has 1 heterocycles. The van der Waals surface area contributed by atoms with Crippen molar-refractivity contribution in [2.75, 3.05) is 31.1 Å². The summed E-state index contributed by atoms with van der Waals surface area (Å²) in [5, 5.41) is 3.61. The van der Waals surface area contributed by atoms with Crippen LogP contribution in [0.3, 0.4) is 0 Å². The van der Waals surface area contributed by atoms with Crippen LogP contribution >= 0.6 is 0 Å². The van der Waals surface area contributed by atoms with Gasteiger partial charge in [-0.1, -0.05) is 27.2 Å². The Kier molecular flexibility index (Phi) is 6.77. The van der Waals surface area contributed by atoms with Crippen molar-refractivity contribution in [3.05, 3.63) is 0 Å². The van der Waals surface area contributed by atoms with Crippen LogP contribution in [0, 0.1) is 5.92 Å². The zero-order valence-corrected chi connectivity index (χ0v) is 13.7. The summed E-state index contributed by atoms with van der Waals surface area (Å²) in [4.78, 5) is 2.44. The topological polar surface area (TPSA) is 49.4 Å². The summed E-state index contributed by atoms with van der Waals surface area (Å²) in [5.74, 6) is 1.27. The number of sulfone groups is 1. The van der Waals surface area contributed by atoms with Gasteiger partial charge in [0, 0.05) is 30.9 Å². The SMILES string of the molecule is CCC(C)C1CN(CCCS(=O)(=O)CC)C(C)CN1. The summed E-state index contributed by atoms with van der Waals surface area (Å²) in [6, 6.07) is 1.05. The summed E-state index contributed by atoms with van der Waals surface area (Å²) in [7, 11) is -2.81. The first-order chi connectivity index (χ1) is 8.89. The Morgan fingerprint density at radius 1 is 1.37 bits per heavy atom. The van der Waals surface area contributed by atoms with E-state index in [0.717, 1.165) is 26.1 Å². The van der Waals surface area contributed by atoms with E-state index in [4.69, 9.17) is 0 Å². The summed E-state index contributed by atoms with van der Waals surface area (Å²) in [6.07, 6.45) is 1.94. The molecule has 1 saturated heterocycles. The maximum atomic E-state index is 11.5. The average molecular weight is 290 g/mol. The molecule has 4 nitrogen and oxygen atoms in total. The fourth-order valence-electron chi connectivity index (χ4n) is 2.56. The van der Waals surface area contributed by atoms with E-state index in [-0.39, 0.29) is 5.75 Å². The third kappa shape index (κ3) is 5.40. The van der Waals surface area contributed by atoms with E-state index in [9.17, 15) is 8.42 Å². The van der Waals surface area contributed by atoms with E-state index in [1.165, 1.54) is 6.42 Å². The molecule has 19 heavy (non-hydrogen) atoms. The average Bonchev–Trinajstić information content (AvgIpc) is 2.40. The van der Waals surface area contributed by atoms with Crippen molar-refractivity contribution < 1.29 is 8.42 Å². The molecule has 0 aromatic heterocycles. The smallest absolute Gasteiger partial charge is 0.150 e. The van der Waals surface area contributed by atoms with Crippen molar-refractivity contribution in [3.8, 4) is 0 Å². The van der Waals surface area contributed by atoms with Crippen LogP contribution in [0.2, 0.25) is 0 Å². The van der Waals surface area contributed by atoms with Gasteiger partial charge in [-0.05, 0) is 25.8 Å². The lowest BCUT2D eigenvalue weighted by molar-refractivity contribution is 0.119. The highest BCUT2D eigenvalue weighted by Gasteiger charge is 2.27. The van der Waals surface area contributed by atoms with Gasteiger partial charge in [0.15, 0.2) is 0 Å². The third-order valence-corrected chi connectivity index (χ3v) is 6.19. The molecule has 0 aromatic carbocycles. The van der Waals surface area contributed by atoms with Crippen LogP contribution in [0.5, 0.6) is 0 Å². The minimum absolute atomic E-state index is 0.263. The van der Waals surface area contributed by atoms with Crippen molar-refractivity contribution in [3.63, 3.8) is 0 Å². The molecule has 0 amide bonds. The first-order valence-corrected chi connectivity index (χ1v) is 9.39. The molecule has 0 radical (unpaired) electrons. The molecular weight excluding hydrogens is 260 g/mol. The van der Waals surface area contributed by atoms with E-state index >= 15 is 0 Å². The van der Waals surface area contributed by atoms with Gasteiger partial charge in [-0.3, -0.25) is 4.90 Å². The number of nitrogens with zero attached hydrogens (tertiary/aromatic N) is 1. The van der Waals surface area contributed by atoms with Crippen molar-refractivity contribution in [2.24, 2.45) is 5.92 Å². The fraction of sp³-hybridized carbons (Fsp3) is 1.00. The first-order valence-electron chi connectivity index (χ1n) is 7.57. The van der Waals surface area contributed by atoms with Crippen LogP contribution in [0.4, 0.5) is 0 Å². The van der Waals surface area contributed by atoms with Crippen LogP contribution in [0.25, 0.3) is 0 Å². The second-order valence-corrected chi connectivity index (χ2v) is 8.31. The lowest BCUT2D eigenvalue weighted by Crippen LogP contribution is -2.57. The van der Waals surface area contributed by atoms with Gasteiger partial charge in [0.1, 0.15) is 9.84 Å². The van der Waals surface area contributed by atoms with Crippen LogP contribution in [-0.4, -0.2) is 56.5 Å². The highest BCUT2D eigenvalue weighted by molar-refractivity contribution is 7.91. The van der Waals surface area contributed by atoms with Gasteiger partial charge in [0.05, 0.1) is 5.75 Å². The standard InChI is InChI=1S/C14H30N2O2S/c1-5-12(3)14-11-16(13(4)10-15-14)8-7-9-19(17,18)6-2/h12-15H,5-11H2,1-4H3. The van der Waals surface area contributed by atoms with Gasteiger partial charge in [-0.25, -0.2) is 8.42 Å². The maximum Gasteiger partial charge on any atom is 0.150 e. The second kappa shape index (κ2) is 7.60. The second-order valence-electron chi connectivity index (χ2n) is 5.83. The largest absolute Gasteiger partial charge is 0.311 e. The molecule has 1 aliphatic heterocycles. The summed E-state index contributed by atoms with van der Waals surface area (Å²) < 4.78 is 23.0. The first kappa shape index (κ1) is 16.9. The third-order valence-electron chi connectivity index (χ3n) is 4.40. The Morgan fingerprint density at radius 3 is 2.63 bits per heavy atom. The van der Waals surface area contributed by atoms with Crippen molar-refractivity contribution in [1.82, 2.24) is 10.2 Å². The molecule has 3 atom stereocenters. The van der Waals surface area contributed by atoms with E-state index < -0.39 is 9.84 Å². The van der Waals surface area contributed by atoms with Gasteiger partial charge in [-0.15, -0.1) is 0 Å². The summed E-state index contributed by atoms with van der Waals surface area (Å²) >= 11 is 0. The minimum Gasteiger partial charge on any atom is -0.311 e. The minimum atomic E-state index is -2.81. The van der Waals surface area contributed by atoms with Crippen LogP contribution in [-0.2, 0) is 9.84 Å². The number of nitrogens with one attached hydrogen (secondary N) is 1. The Labute approximate surface area is 118 Å². The monoisotopic (exact) mass is 290 g/mol. The molecule has 1 fully saturated rings. The van der Waals surface area contributed by atoms with Gasteiger partial charge in [0.2, 0.25) is 0 Å². The van der Waals surface area contributed by atoms with Gasteiger partial charge in [0.25, 0.3) is 0 Å². The Balaban J connectivity index is 2.42. The number of piperazine rings is 1. The molecule has 5 heteroatoms. The number of rotatable bonds is 7. The predicted octanol–water partition coefficient (Wildman–Crippen LogP) is 1.52. The number of hydrogen-bond donors (Lipinski definition) is 1. The highest BCUT2D eigenvalue weighted by Crippen LogP contribution is 2.15. The van der Waals surface area contributed by atoms with Crippen molar-refractivity contribution in [1.29, 1.82) is 0 Å². The molecule has 0 aliphatic carbocycles. The van der Waals surface area contributed by atoms with E-state index in [0.29, 0.717) is 23.8 Å². The molecule has 1 N–H and O–H groups in total. The molecule has 0 bridgehead atoms. The molecular formula is C14H30N2O2S. The zero-order chi connectivity index (χ0) is 14.5. The van der Waals surface area contributed by atoms with Gasteiger partial charge >= 0.3 is 0 Å². The molecule has 1 aliphatic rings. The number of hydrogen-bond acceptors (Lipinski definition) is 4. The van der Waals surface area contributed by atoms with Crippen LogP contribution in [0.15, 0.2) is 0 Å². The lowest BCUT2D eigenvalue weighted by Gasteiger charge is -2.41. The molecule has 3 unspecified atom stereocenters. The van der Waals surface area contributed by atoms with Crippen molar-refractivity contribution >= 4 is 9.84 Å². The van der Waals surface area contributed by atoms with Crippen molar-refractivity contribution in [2.45, 2.75) is 52.6 Å². The highest BCUT2D eigenvalue weighted by atomic mass is 32.2. The molecule has 114 valence electrons. The molecule has 0 saturated carbocycles. The van der Waals surface area contributed by atoms with E-state index in [1.807, 2.05) is 0 Å². The van der Waals surface area contributed by atoms with Gasteiger partial charge < -0.3 is 5.32 Å². The molecule has 0 spiro atoms. The summed E-state index contributed by atoms with van der Waals surface area (Å²) in [6.45, 7) is 11.4. The zero-order valence-electron chi connectivity index (χ0n) is 12.9. The fourth-order valence-corrected chi connectivity index (χ4v) is 3.41. The quantitative estimate of drug-likeness (QED) is 0.772. The van der Waals surface area contributed by atoms with Crippen LogP contribution in [0.1, 0.15) is 40.5 Å². The van der Waals surface area contributed by atoms with Gasteiger partial charge in [-0.2, -0.15) is 0 Å². The van der Waals surface area contributed by atoms with Crippen LogP contribution < -0.4 is 5.32 Å². The van der Waals surface area contributed by atoms with E-state index in [1.54, 1.807) is 6.92 Å². The molecule has 0 aromatic rings. The summed E-state index contributed by atoms with van der Waals surface area (Å²) in [5.41, 5.74) is 0. The maximum absolute atomic E-state index is 11.5. The Hall–Kier alpha value is -0.130. The molecule has 1 rings (SSSR count).